The minimum absolute atomic E-state index is 0.429. The largest absolute Gasteiger partial charge is 0.512 e. The van der Waals surface area contributed by atoms with E-state index in [1.165, 1.54) is 18.4 Å². The maximum Gasteiger partial charge on any atom is 0.0962 e. The van der Waals surface area contributed by atoms with Gasteiger partial charge in [-0.15, -0.1) is 6.58 Å². The van der Waals surface area contributed by atoms with E-state index in [9.17, 15) is 5.11 Å². The molecule has 0 heterocycles. The molecule has 1 N–H and O–H groups in total. The van der Waals surface area contributed by atoms with Crippen molar-refractivity contribution in [1.29, 1.82) is 0 Å². The summed E-state index contributed by atoms with van der Waals surface area (Å²) in [6, 6.07) is 0. The van der Waals surface area contributed by atoms with E-state index in [0.717, 1.165) is 12.8 Å². The van der Waals surface area contributed by atoms with Crippen LogP contribution in [0.3, 0.4) is 0 Å². The van der Waals surface area contributed by atoms with E-state index in [-0.39, 0.29) is 0 Å². The van der Waals surface area contributed by atoms with Gasteiger partial charge in [-0.25, -0.2) is 0 Å². The quantitative estimate of drug-likeness (QED) is 0.500. The number of allylic oxidation sites excluding steroid dienone is 4. The summed E-state index contributed by atoms with van der Waals surface area (Å²) in [5.41, 5.74) is 1.28. The van der Waals surface area contributed by atoms with Gasteiger partial charge in [0.25, 0.3) is 0 Å². The zero-order valence-corrected chi connectivity index (χ0v) is 7.42. The molecule has 0 saturated carbocycles. The highest BCUT2D eigenvalue weighted by atomic mass is 16.3. The molecule has 1 heteroatoms. The Morgan fingerprint density at radius 3 is 3.00 bits per heavy atom. The minimum Gasteiger partial charge on any atom is -0.512 e. The lowest BCUT2D eigenvalue weighted by Gasteiger charge is -2.08. The van der Waals surface area contributed by atoms with Crippen LogP contribution in [0.4, 0.5) is 0 Å². The van der Waals surface area contributed by atoms with Crippen LogP contribution in [0.5, 0.6) is 0 Å². The van der Waals surface area contributed by atoms with Crippen molar-refractivity contribution in [3.63, 3.8) is 0 Å². The van der Waals surface area contributed by atoms with Crippen LogP contribution in [0.15, 0.2) is 36.1 Å². The molecule has 12 heavy (non-hydrogen) atoms. The second kappa shape index (κ2) is 4.81. The molecule has 1 aliphatic rings. The lowest BCUT2D eigenvalue weighted by atomic mass is 9.99. The monoisotopic (exact) mass is 164 g/mol. The molecule has 0 saturated heterocycles. The molecule has 0 fully saturated rings. The van der Waals surface area contributed by atoms with Gasteiger partial charge in [0.15, 0.2) is 0 Å². The van der Waals surface area contributed by atoms with Gasteiger partial charge in [0, 0.05) is 6.42 Å². The van der Waals surface area contributed by atoms with Crippen molar-refractivity contribution in [2.45, 2.75) is 32.1 Å². The van der Waals surface area contributed by atoms with Crippen LogP contribution >= 0.6 is 0 Å². The highest BCUT2D eigenvalue weighted by Gasteiger charge is 2.01. The van der Waals surface area contributed by atoms with Gasteiger partial charge in [-0.05, 0) is 37.3 Å². The molecule has 0 radical (unpaired) electrons. The Balaban J connectivity index is 2.52. The van der Waals surface area contributed by atoms with Gasteiger partial charge in [-0.1, -0.05) is 12.2 Å². The summed E-state index contributed by atoms with van der Waals surface area (Å²) < 4.78 is 0. The second-order valence-electron chi connectivity index (χ2n) is 3.15. The molecule has 1 rings (SSSR count). The van der Waals surface area contributed by atoms with Crippen LogP contribution in [0.25, 0.3) is 0 Å². The summed E-state index contributed by atoms with van der Waals surface area (Å²) >= 11 is 0. The van der Waals surface area contributed by atoms with Gasteiger partial charge < -0.3 is 5.11 Å². The summed E-state index contributed by atoms with van der Waals surface area (Å²) in [5.74, 6) is 0.429. The molecule has 0 aromatic rings. The van der Waals surface area contributed by atoms with Gasteiger partial charge in [0.2, 0.25) is 0 Å². The van der Waals surface area contributed by atoms with Crippen molar-refractivity contribution in [1.82, 2.24) is 0 Å². The van der Waals surface area contributed by atoms with Gasteiger partial charge >= 0.3 is 0 Å². The molecule has 1 aliphatic carbocycles. The standard InChI is InChI=1S/C11H16O/c1-2-6-11(12)9-10-7-4-3-5-8-10/h2,7,9,12H,1,3-6,8H2/b11-9+. The fraction of sp³-hybridized carbons (Fsp3) is 0.455. The van der Waals surface area contributed by atoms with Crippen molar-refractivity contribution >= 4 is 0 Å². The minimum atomic E-state index is 0.429. The van der Waals surface area contributed by atoms with Gasteiger partial charge in [-0.3, -0.25) is 0 Å². The van der Waals surface area contributed by atoms with Crippen molar-refractivity contribution in [3.05, 3.63) is 36.1 Å². The van der Waals surface area contributed by atoms with Crippen molar-refractivity contribution in [3.8, 4) is 0 Å². The molecule has 0 spiro atoms. The molecule has 0 amide bonds. The van der Waals surface area contributed by atoms with Crippen LogP contribution < -0.4 is 0 Å². The number of hydrogen-bond acceptors (Lipinski definition) is 1. The molecular formula is C11H16O. The molecule has 0 aliphatic heterocycles. The molecule has 66 valence electrons. The van der Waals surface area contributed by atoms with Crippen LogP contribution in [0.1, 0.15) is 32.1 Å². The maximum absolute atomic E-state index is 9.35. The third kappa shape index (κ3) is 2.95. The average Bonchev–Trinajstić information content (AvgIpc) is 2.06. The Morgan fingerprint density at radius 1 is 1.58 bits per heavy atom. The SMILES string of the molecule is C=CC/C(O)=C\C1=CCCCC1. The van der Waals surface area contributed by atoms with Crippen LogP contribution in [-0.2, 0) is 0 Å². The normalized spacial score (nSPS) is 18.7. The first-order chi connectivity index (χ1) is 5.83. The van der Waals surface area contributed by atoms with E-state index in [0.29, 0.717) is 12.2 Å². The predicted molar refractivity (Wildman–Crippen MR) is 52.1 cm³/mol. The first-order valence-electron chi connectivity index (χ1n) is 4.52. The van der Waals surface area contributed by atoms with E-state index >= 15 is 0 Å². The Morgan fingerprint density at radius 2 is 2.42 bits per heavy atom. The molecule has 0 bridgehead atoms. The lowest BCUT2D eigenvalue weighted by molar-refractivity contribution is 0.400. The molecule has 0 unspecified atom stereocenters. The fourth-order valence-electron chi connectivity index (χ4n) is 1.41. The zero-order chi connectivity index (χ0) is 8.81. The highest BCUT2D eigenvalue weighted by molar-refractivity contribution is 5.22. The van der Waals surface area contributed by atoms with E-state index < -0.39 is 0 Å². The van der Waals surface area contributed by atoms with Gasteiger partial charge in [0.05, 0.1) is 5.76 Å². The van der Waals surface area contributed by atoms with Crippen LogP contribution in [0, 0.1) is 0 Å². The molecule has 0 aromatic carbocycles. The molecule has 1 nitrogen and oxygen atoms in total. The summed E-state index contributed by atoms with van der Waals surface area (Å²) in [6.45, 7) is 3.57. The van der Waals surface area contributed by atoms with Gasteiger partial charge in [-0.2, -0.15) is 0 Å². The van der Waals surface area contributed by atoms with Crippen molar-refractivity contribution < 1.29 is 5.11 Å². The average molecular weight is 164 g/mol. The summed E-state index contributed by atoms with van der Waals surface area (Å²) in [6.07, 6.45) is 11.2. The zero-order valence-electron chi connectivity index (χ0n) is 7.42. The third-order valence-corrected chi connectivity index (χ3v) is 2.03. The predicted octanol–water partition coefficient (Wildman–Crippen LogP) is 3.50. The lowest BCUT2D eigenvalue weighted by Crippen LogP contribution is -1.90. The first kappa shape index (κ1) is 9.11. The molecule has 0 atom stereocenters. The third-order valence-electron chi connectivity index (χ3n) is 2.03. The number of rotatable bonds is 3. The topological polar surface area (TPSA) is 20.2 Å². The number of aliphatic hydroxyl groups excluding tert-OH is 1. The van der Waals surface area contributed by atoms with Crippen LogP contribution in [0.2, 0.25) is 0 Å². The van der Waals surface area contributed by atoms with E-state index in [1.807, 2.05) is 6.08 Å². The summed E-state index contributed by atoms with van der Waals surface area (Å²) in [7, 11) is 0. The Bertz CT molecular complexity index is 211. The Kier molecular flexibility index (Phi) is 3.65. The van der Waals surface area contributed by atoms with Gasteiger partial charge in [0.1, 0.15) is 0 Å². The number of aliphatic hydroxyl groups is 1. The highest BCUT2D eigenvalue weighted by Crippen LogP contribution is 2.19. The smallest absolute Gasteiger partial charge is 0.0962 e. The first-order valence-corrected chi connectivity index (χ1v) is 4.52. The van der Waals surface area contributed by atoms with Crippen LogP contribution in [-0.4, -0.2) is 5.11 Å². The Hall–Kier alpha value is -0.980. The van der Waals surface area contributed by atoms with E-state index in [1.54, 1.807) is 6.08 Å². The van der Waals surface area contributed by atoms with E-state index in [2.05, 4.69) is 12.7 Å². The molecule has 0 aromatic heterocycles. The molecular weight excluding hydrogens is 148 g/mol. The van der Waals surface area contributed by atoms with E-state index in [4.69, 9.17) is 0 Å². The maximum atomic E-state index is 9.35. The fourth-order valence-corrected chi connectivity index (χ4v) is 1.41. The summed E-state index contributed by atoms with van der Waals surface area (Å²) in [5, 5.41) is 9.35. The Labute approximate surface area is 74.1 Å². The number of hydrogen-bond donors (Lipinski definition) is 1. The summed E-state index contributed by atoms with van der Waals surface area (Å²) in [4.78, 5) is 0. The van der Waals surface area contributed by atoms with Crippen molar-refractivity contribution in [2.24, 2.45) is 0 Å². The second-order valence-corrected chi connectivity index (χ2v) is 3.15. The van der Waals surface area contributed by atoms with Crippen molar-refractivity contribution in [2.75, 3.05) is 0 Å².